The van der Waals surface area contributed by atoms with Crippen molar-refractivity contribution in [3.8, 4) is 0 Å². The van der Waals surface area contributed by atoms with E-state index in [0.29, 0.717) is 5.92 Å². The fourth-order valence-corrected chi connectivity index (χ4v) is 32.5. The Labute approximate surface area is 215 Å². The fourth-order valence-electron chi connectivity index (χ4n) is 5.26. The normalized spacial score (nSPS) is 17.5. The van der Waals surface area contributed by atoms with Crippen molar-refractivity contribution < 1.29 is 45.7 Å². The fraction of sp³-hybridized carbons (Fsp3) is 0.286. The molecule has 0 aromatic heterocycles. The first-order chi connectivity index (χ1) is 14.4. The van der Waals surface area contributed by atoms with Crippen molar-refractivity contribution in [2.24, 2.45) is 5.92 Å². The van der Waals surface area contributed by atoms with Crippen LogP contribution in [0.15, 0.2) is 90.0 Å². The Morgan fingerprint density at radius 3 is 1.72 bits per heavy atom. The molecule has 0 bridgehead atoms. The molecule has 1 unspecified atom stereocenters. The molecule has 0 radical (unpaired) electrons. The van der Waals surface area contributed by atoms with Gasteiger partial charge >= 0.3 is 192 Å². The zero-order valence-electron chi connectivity index (χ0n) is 20.0. The van der Waals surface area contributed by atoms with Crippen LogP contribution in [-0.2, 0) is 20.9 Å². The maximum absolute atomic E-state index is 2.50. The SMILES string of the molecule is CC1=C(C)C(C)[C]([Zr+2]([C]2=CC=CC2)[SiH](c2ccccc2C)c2ccccc2C)=C1C.[Cl-].[Cl-]. The van der Waals surface area contributed by atoms with Gasteiger partial charge in [-0.05, 0) is 0 Å². The van der Waals surface area contributed by atoms with E-state index in [4.69, 9.17) is 0 Å². The number of allylic oxidation sites excluding steroid dienone is 8. The molecule has 4 rings (SSSR count). The van der Waals surface area contributed by atoms with Crippen molar-refractivity contribution in [1.82, 2.24) is 0 Å². The molecule has 32 heavy (non-hydrogen) atoms. The first kappa shape index (κ1) is 27.3. The number of halogens is 2. The Kier molecular flexibility index (Phi) is 9.80. The minimum Gasteiger partial charge on any atom is -1.00 e. The number of rotatable bonds is 5. The topological polar surface area (TPSA) is 0 Å². The maximum Gasteiger partial charge on any atom is -1.00 e. The molecule has 0 fully saturated rings. The van der Waals surface area contributed by atoms with Crippen LogP contribution in [0, 0.1) is 19.8 Å². The minimum absolute atomic E-state index is 0. The van der Waals surface area contributed by atoms with E-state index in [0.717, 1.165) is 0 Å². The van der Waals surface area contributed by atoms with Gasteiger partial charge in [-0.1, -0.05) is 0 Å². The van der Waals surface area contributed by atoms with Gasteiger partial charge in [0.1, 0.15) is 0 Å². The maximum atomic E-state index is 2.50. The molecule has 0 N–H and O–H groups in total. The third-order valence-electron chi connectivity index (χ3n) is 7.34. The van der Waals surface area contributed by atoms with E-state index < -0.39 is 26.8 Å². The smallest absolute Gasteiger partial charge is 1.00 e. The van der Waals surface area contributed by atoms with Crippen molar-refractivity contribution in [2.45, 2.75) is 48.0 Å². The molecule has 0 nitrogen and oxygen atoms in total. The van der Waals surface area contributed by atoms with Gasteiger partial charge < -0.3 is 24.8 Å². The number of benzene rings is 2. The molecule has 2 aliphatic rings. The third kappa shape index (κ3) is 4.95. The van der Waals surface area contributed by atoms with Gasteiger partial charge in [-0.25, -0.2) is 0 Å². The Balaban J connectivity index is 0.00000181. The van der Waals surface area contributed by atoms with Crippen LogP contribution in [0.5, 0.6) is 0 Å². The van der Waals surface area contributed by atoms with Crippen LogP contribution in [0.2, 0.25) is 0 Å². The molecular formula is C28H33Cl2SiZr. The summed E-state index contributed by atoms with van der Waals surface area (Å²) in [5, 5.41) is 3.37. The average molecular weight is 560 g/mol. The zero-order valence-corrected chi connectivity index (χ0v) is 25.1. The van der Waals surface area contributed by atoms with Gasteiger partial charge in [-0.2, -0.15) is 0 Å². The van der Waals surface area contributed by atoms with Crippen LogP contribution in [0.4, 0.5) is 0 Å². The summed E-state index contributed by atoms with van der Waals surface area (Å²) in [7, 11) is 0. The van der Waals surface area contributed by atoms with Crippen molar-refractivity contribution in [3.63, 3.8) is 0 Å². The van der Waals surface area contributed by atoms with E-state index in [1.807, 2.05) is 6.56 Å². The van der Waals surface area contributed by atoms with Gasteiger partial charge in [0.2, 0.25) is 0 Å². The summed E-state index contributed by atoms with van der Waals surface area (Å²) in [5.41, 5.74) is 7.78. The Hall–Kier alpha value is -0.920. The summed E-state index contributed by atoms with van der Waals surface area (Å²) in [6.07, 6.45) is 8.39. The van der Waals surface area contributed by atoms with Crippen LogP contribution in [-0.4, -0.2) is 5.92 Å². The molecule has 0 saturated heterocycles. The summed E-state index contributed by atoms with van der Waals surface area (Å²) in [6.45, 7) is 14.3. The first-order valence-corrected chi connectivity index (χ1v) is 19.6. The number of hydrogen-bond acceptors (Lipinski definition) is 0. The molecule has 2 aromatic rings. The standard InChI is InChI=1S/C14H15Si.C9H13.C5H5.2ClH.Zr/c1-11-7-3-5-9-13(11)15-14-10-6-4-8-12(14)2;1-6-5-7(2)9(4)8(6)3;1-2-4-5-3-1;;;/h3-10,15H,1-2H3;6H,1-4H3;1-3H,4H2;2*1H;/q;;;;;+2/p-2. The quantitative estimate of drug-likeness (QED) is 0.448. The first-order valence-electron chi connectivity index (χ1n) is 11.1. The van der Waals surface area contributed by atoms with Gasteiger partial charge in [0, 0.05) is 0 Å². The molecule has 1 atom stereocenters. The van der Waals surface area contributed by atoms with Crippen molar-refractivity contribution >= 4 is 16.3 Å². The molecule has 0 heterocycles. The van der Waals surface area contributed by atoms with Gasteiger partial charge in [-0.15, -0.1) is 0 Å². The second kappa shape index (κ2) is 11.5. The molecule has 0 amide bonds. The number of hydrogen-bond donors (Lipinski definition) is 0. The summed E-state index contributed by atoms with van der Waals surface area (Å²) in [4.78, 5) is 0. The molecule has 167 valence electrons. The summed E-state index contributed by atoms with van der Waals surface area (Å²) in [5.74, 6) is -0.763. The van der Waals surface area contributed by atoms with Crippen molar-refractivity contribution in [1.29, 1.82) is 0 Å². The summed E-state index contributed by atoms with van der Waals surface area (Å²) in [6, 6.07) is 18.6. The van der Waals surface area contributed by atoms with Crippen molar-refractivity contribution in [3.05, 3.63) is 101 Å². The van der Waals surface area contributed by atoms with Crippen LogP contribution in [0.25, 0.3) is 0 Å². The van der Waals surface area contributed by atoms with Gasteiger partial charge in [0.05, 0.1) is 0 Å². The zero-order chi connectivity index (χ0) is 21.4. The number of aryl methyl sites for hydroxylation is 2. The Morgan fingerprint density at radius 2 is 1.31 bits per heavy atom. The van der Waals surface area contributed by atoms with E-state index in [2.05, 4.69) is 108 Å². The van der Waals surface area contributed by atoms with E-state index in [1.165, 1.54) is 17.5 Å². The molecule has 0 saturated carbocycles. The Morgan fingerprint density at radius 1 is 0.781 bits per heavy atom. The summed E-state index contributed by atoms with van der Waals surface area (Å²) >= 11 is -2.17. The molecule has 2 aliphatic carbocycles. The predicted molar refractivity (Wildman–Crippen MR) is 131 cm³/mol. The van der Waals surface area contributed by atoms with E-state index in [9.17, 15) is 0 Å². The van der Waals surface area contributed by atoms with E-state index in [-0.39, 0.29) is 24.8 Å². The van der Waals surface area contributed by atoms with Gasteiger partial charge in [0.25, 0.3) is 0 Å². The molecule has 4 heteroatoms. The molecule has 0 spiro atoms. The van der Waals surface area contributed by atoms with Crippen LogP contribution < -0.4 is 35.2 Å². The second-order valence-electron chi connectivity index (χ2n) is 8.95. The van der Waals surface area contributed by atoms with Crippen LogP contribution in [0.3, 0.4) is 0 Å². The van der Waals surface area contributed by atoms with Crippen LogP contribution in [0.1, 0.15) is 45.2 Å². The molecule has 0 aliphatic heterocycles. The van der Waals surface area contributed by atoms with E-state index >= 15 is 0 Å². The van der Waals surface area contributed by atoms with E-state index in [1.54, 1.807) is 27.1 Å². The Bertz CT molecular complexity index is 1060. The van der Waals surface area contributed by atoms with Gasteiger partial charge in [0.15, 0.2) is 0 Å². The third-order valence-corrected chi connectivity index (χ3v) is 29.4. The molecular weight excluding hydrogens is 527 g/mol. The second-order valence-corrected chi connectivity index (χ2v) is 23.7. The van der Waals surface area contributed by atoms with Gasteiger partial charge in [-0.3, -0.25) is 0 Å². The monoisotopic (exact) mass is 557 g/mol. The van der Waals surface area contributed by atoms with Crippen molar-refractivity contribution in [2.75, 3.05) is 0 Å². The van der Waals surface area contributed by atoms with Crippen LogP contribution >= 0.6 is 0 Å². The molecule has 2 aromatic carbocycles. The largest absolute Gasteiger partial charge is 1.00 e. The predicted octanol–water partition coefficient (Wildman–Crippen LogP) is -0.128. The minimum atomic E-state index is -2.17. The average Bonchev–Trinajstić information content (AvgIpc) is 3.33. The summed E-state index contributed by atoms with van der Waals surface area (Å²) < 4.78 is 3.69.